The number of halogens is 6. The summed E-state index contributed by atoms with van der Waals surface area (Å²) in [6.45, 7) is 0. The fourth-order valence-electron chi connectivity index (χ4n) is 0.642. The molecule has 0 aliphatic carbocycles. The van der Waals surface area contributed by atoms with Crippen LogP contribution in [0.4, 0.5) is 25.2 Å². The van der Waals surface area contributed by atoms with Crippen LogP contribution in [-0.2, 0) is 16.8 Å². The van der Waals surface area contributed by atoms with Crippen LogP contribution in [0.1, 0.15) is 0 Å². The van der Waals surface area contributed by atoms with Gasteiger partial charge in [0, 0.05) is 0 Å². The van der Waals surface area contributed by atoms with Crippen LogP contribution in [0.25, 0.3) is 0 Å². The molecule has 0 aromatic heterocycles. The Balaban J connectivity index is 0. The standard InChI is InChI=1S/2C5H5.Co.F6P/c2*1-2-4-5-3-1;;1-7(2,3,4,5)6/h2*1-5H;;/q2*-1;+2;-1. The van der Waals surface area contributed by atoms with Crippen molar-refractivity contribution in [3.05, 3.63) is 60.7 Å². The van der Waals surface area contributed by atoms with Gasteiger partial charge in [0.1, 0.15) is 0 Å². The maximum Gasteiger partial charge on any atom is 2.00 e. The van der Waals surface area contributed by atoms with E-state index in [1.165, 1.54) is 0 Å². The van der Waals surface area contributed by atoms with E-state index in [1.807, 2.05) is 60.7 Å². The van der Waals surface area contributed by atoms with E-state index in [-0.39, 0.29) is 16.8 Å². The first-order valence-electron chi connectivity index (χ1n) is 4.35. The molecule has 0 unspecified atom stereocenters. The molecule has 0 N–H and O–H groups in total. The van der Waals surface area contributed by atoms with E-state index in [4.69, 9.17) is 0 Å². The van der Waals surface area contributed by atoms with Gasteiger partial charge in [-0.15, -0.1) is 0 Å². The molecular formula is C10H10CoF6P-. The molecule has 18 heavy (non-hydrogen) atoms. The molecule has 0 atom stereocenters. The second-order valence-corrected chi connectivity index (χ2v) is 4.80. The zero-order chi connectivity index (χ0) is 13.5. The van der Waals surface area contributed by atoms with Crippen LogP contribution >= 0.6 is 7.81 Å². The van der Waals surface area contributed by atoms with E-state index >= 15 is 0 Å². The minimum Gasteiger partial charge on any atom is -0.214 e. The van der Waals surface area contributed by atoms with Crippen LogP contribution in [-0.4, -0.2) is 0 Å². The molecule has 0 nitrogen and oxygen atoms in total. The van der Waals surface area contributed by atoms with Crippen molar-refractivity contribution in [1.82, 2.24) is 0 Å². The topological polar surface area (TPSA) is 0 Å². The van der Waals surface area contributed by atoms with Gasteiger partial charge in [0.2, 0.25) is 0 Å². The summed E-state index contributed by atoms with van der Waals surface area (Å²) in [5, 5.41) is 0. The first-order chi connectivity index (χ1) is 7.45. The molecule has 0 saturated carbocycles. The van der Waals surface area contributed by atoms with Gasteiger partial charge in [-0.05, 0) is 0 Å². The van der Waals surface area contributed by atoms with Gasteiger partial charge in [-0.25, -0.2) is 24.3 Å². The second kappa shape index (κ2) is 6.40. The molecule has 0 amide bonds. The molecule has 0 fully saturated rings. The van der Waals surface area contributed by atoms with Crippen LogP contribution < -0.4 is 0 Å². The summed E-state index contributed by atoms with van der Waals surface area (Å²) in [5.74, 6) is 0. The quantitative estimate of drug-likeness (QED) is 0.306. The molecular weight excluding hydrogens is 324 g/mol. The van der Waals surface area contributed by atoms with Crippen LogP contribution in [0.5, 0.6) is 0 Å². The molecule has 0 aliphatic rings. The fraction of sp³-hybridized carbons (Fsp3) is 0. The predicted octanol–water partition coefficient (Wildman–Crippen LogP) is 6.19. The van der Waals surface area contributed by atoms with Gasteiger partial charge < -0.3 is 0 Å². The third kappa shape index (κ3) is 36.2. The third-order valence-corrected chi connectivity index (χ3v) is 1.11. The Morgan fingerprint density at radius 2 is 0.722 bits per heavy atom. The summed E-state index contributed by atoms with van der Waals surface area (Å²) in [6, 6.07) is 20.0. The van der Waals surface area contributed by atoms with Crippen molar-refractivity contribution >= 4 is 7.81 Å². The summed E-state index contributed by atoms with van der Waals surface area (Å²) < 4.78 is 59.2. The van der Waals surface area contributed by atoms with Crippen LogP contribution in [0.3, 0.4) is 0 Å². The molecule has 0 aliphatic heterocycles. The molecule has 0 spiro atoms. The summed E-state index contributed by atoms with van der Waals surface area (Å²) in [7, 11) is -10.7. The van der Waals surface area contributed by atoms with E-state index in [0.717, 1.165) is 0 Å². The van der Waals surface area contributed by atoms with Crippen LogP contribution in [0.15, 0.2) is 60.7 Å². The molecule has 0 saturated heterocycles. The molecule has 2 aromatic carbocycles. The van der Waals surface area contributed by atoms with E-state index < -0.39 is 7.81 Å². The Bertz CT molecular complexity index is 302. The second-order valence-electron chi connectivity index (χ2n) is 2.88. The van der Waals surface area contributed by atoms with Crippen molar-refractivity contribution in [2.45, 2.75) is 0 Å². The van der Waals surface area contributed by atoms with Gasteiger partial charge in [-0.3, -0.25) is 0 Å². The van der Waals surface area contributed by atoms with E-state index in [1.54, 1.807) is 0 Å². The minimum atomic E-state index is -10.7. The molecule has 1 radical (unpaired) electrons. The smallest absolute Gasteiger partial charge is 0.214 e. The Hall–Kier alpha value is -0.784. The molecule has 0 heterocycles. The summed E-state index contributed by atoms with van der Waals surface area (Å²) in [5.41, 5.74) is 0. The maximum atomic E-state index is 9.87. The van der Waals surface area contributed by atoms with Crippen molar-refractivity contribution in [2.75, 3.05) is 0 Å². The van der Waals surface area contributed by atoms with Crippen molar-refractivity contribution in [3.63, 3.8) is 0 Å². The fourth-order valence-corrected chi connectivity index (χ4v) is 0.642. The largest absolute Gasteiger partial charge is 2.00 e. The van der Waals surface area contributed by atoms with Gasteiger partial charge in [-0.1, -0.05) is 0 Å². The normalized spacial score (nSPS) is 13.4. The van der Waals surface area contributed by atoms with Gasteiger partial charge in [0.15, 0.2) is 0 Å². The number of hydrogen-bond donors (Lipinski definition) is 0. The van der Waals surface area contributed by atoms with Gasteiger partial charge in [-0.2, -0.15) is 36.4 Å². The first kappa shape index (κ1) is 19.6. The average Bonchev–Trinajstić information content (AvgIpc) is 2.78. The van der Waals surface area contributed by atoms with E-state index in [9.17, 15) is 25.2 Å². The molecule has 107 valence electrons. The molecule has 8 heteroatoms. The van der Waals surface area contributed by atoms with Crippen molar-refractivity contribution in [2.24, 2.45) is 0 Å². The monoisotopic (exact) mass is 334 g/mol. The first-order valence-corrected chi connectivity index (χ1v) is 6.38. The summed E-state index contributed by atoms with van der Waals surface area (Å²) in [4.78, 5) is 0. The number of hydrogen-bond acceptors (Lipinski definition) is 0. The van der Waals surface area contributed by atoms with Crippen molar-refractivity contribution in [1.29, 1.82) is 0 Å². The van der Waals surface area contributed by atoms with Gasteiger partial charge in [0.05, 0.1) is 0 Å². The summed E-state index contributed by atoms with van der Waals surface area (Å²) >= 11 is 0. The van der Waals surface area contributed by atoms with E-state index in [0.29, 0.717) is 0 Å². The Kier molecular flexibility index (Phi) is 6.96. The average molecular weight is 334 g/mol. The Morgan fingerprint density at radius 3 is 0.778 bits per heavy atom. The zero-order valence-corrected chi connectivity index (χ0v) is 10.8. The molecule has 0 bridgehead atoms. The van der Waals surface area contributed by atoms with Crippen molar-refractivity contribution < 1.29 is 42.0 Å². The van der Waals surface area contributed by atoms with E-state index in [2.05, 4.69) is 0 Å². The van der Waals surface area contributed by atoms with Crippen LogP contribution in [0.2, 0.25) is 0 Å². The van der Waals surface area contributed by atoms with Gasteiger partial charge >= 0.3 is 49.8 Å². The van der Waals surface area contributed by atoms with Crippen molar-refractivity contribution in [3.8, 4) is 0 Å². The SMILES string of the molecule is F[P-](F)(F)(F)(F)F.[Co+2].c1cc[cH-]c1.c1cc[cH-]c1. The number of rotatable bonds is 0. The molecule has 2 rings (SSSR count). The van der Waals surface area contributed by atoms with Gasteiger partial charge in [0.25, 0.3) is 0 Å². The minimum absolute atomic E-state index is 0. The third-order valence-electron chi connectivity index (χ3n) is 1.11. The summed E-state index contributed by atoms with van der Waals surface area (Å²) in [6.07, 6.45) is 0. The van der Waals surface area contributed by atoms with Crippen LogP contribution in [0, 0.1) is 0 Å². The predicted molar refractivity (Wildman–Crippen MR) is 57.6 cm³/mol. The zero-order valence-electron chi connectivity index (χ0n) is 8.82. The molecule has 2 aromatic rings. The Labute approximate surface area is 111 Å². The Morgan fingerprint density at radius 1 is 0.556 bits per heavy atom. The maximum absolute atomic E-state index is 10.7.